The Bertz CT molecular complexity index is 2010. The van der Waals surface area contributed by atoms with Gasteiger partial charge in [-0.15, -0.1) is 0 Å². The fourth-order valence-corrected chi connectivity index (χ4v) is 8.42. The maximum absolute atomic E-state index is 14.3. The molecule has 6 unspecified atom stereocenters. The number of halogens is 1. The molecule has 6 atom stereocenters. The van der Waals surface area contributed by atoms with E-state index < -0.39 is 71.1 Å². The number of amides is 4. The van der Waals surface area contributed by atoms with Crippen molar-refractivity contribution >= 4 is 62.9 Å². The van der Waals surface area contributed by atoms with E-state index in [1.54, 1.807) is 12.1 Å². The summed E-state index contributed by atoms with van der Waals surface area (Å²) in [5.41, 5.74) is 1.28. The van der Waals surface area contributed by atoms with Crippen molar-refractivity contribution in [2.45, 2.75) is 18.8 Å². The number of aromatic carboxylic acids is 2. The van der Waals surface area contributed by atoms with Gasteiger partial charge in [-0.25, -0.2) is 9.59 Å². The first-order valence-corrected chi connectivity index (χ1v) is 15.9. The lowest BCUT2D eigenvalue weighted by Crippen LogP contribution is -2.43. The number of hydrogen-bond acceptors (Lipinski definition) is 8. The summed E-state index contributed by atoms with van der Waals surface area (Å²) in [6.07, 6.45) is 2.10. The van der Waals surface area contributed by atoms with E-state index in [-0.39, 0.29) is 51.3 Å². The Labute approximate surface area is 281 Å². The van der Waals surface area contributed by atoms with Crippen LogP contribution in [0, 0.1) is 29.6 Å². The number of imide groups is 2. The fraction of sp³-hybridized carbons (Fsp3) is 0.257. The number of fused-ring (bicyclic) bond motifs is 4. The Hall–Kier alpha value is -5.30. The Morgan fingerprint density at radius 2 is 1.33 bits per heavy atom. The molecule has 1 saturated carbocycles. The van der Waals surface area contributed by atoms with Crippen LogP contribution in [0.3, 0.4) is 0 Å². The van der Waals surface area contributed by atoms with E-state index in [1.807, 2.05) is 6.08 Å². The third-order valence-electron chi connectivity index (χ3n) is 9.98. The van der Waals surface area contributed by atoms with E-state index in [0.29, 0.717) is 11.1 Å². The molecular weight excluding hydrogens is 688 g/mol. The van der Waals surface area contributed by atoms with Gasteiger partial charge >= 0.3 is 11.9 Å². The highest BCUT2D eigenvalue weighted by Gasteiger charge is 2.62. The van der Waals surface area contributed by atoms with Crippen LogP contribution in [0.15, 0.2) is 76.8 Å². The third-order valence-corrected chi connectivity index (χ3v) is 10.6. The van der Waals surface area contributed by atoms with Gasteiger partial charge in [0.2, 0.25) is 23.6 Å². The second-order valence-corrected chi connectivity index (χ2v) is 13.2. The van der Waals surface area contributed by atoms with Gasteiger partial charge in [-0.05, 0) is 88.8 Å². The number of benzene rings is 3. The molecule has 2 heterocycles. The van der Waals surface area contributed by atoms with Crippen molar-refractivity contribution in [2.75, 3.05) is 16.9 Å². The zero-order chi connectivity index (χ0) is 34.2. The number of phenolic OH excluding ortho intramolecular Hbond substituents is 1. The maximum Gasteiger partial charge on any atom is 0.335 e. The number of rotatable bonds is 6. The lowest BCUT2D eigenvalue weighted by molar-refractivity contribution is -0.126. The van der Waals surface area contributed by atoms with Gasteiger partial charge in [-0.3, -0.25) is 29.0 Å². The van der Waals surface area contributed by atoms with E-state index in [0.717, 1.165) is 9.80 Å². The minimum Gasteiger partial charge on any atom is -0.503 e. The molecule has 3 N–H and O–H groups in total. The van der Waals surface area contributed by atoms with Crippen molar-refractivity contribution in [3.05, 3.63) is 93.5 Å². The van der Waals surface area contributed by atoms with E-state index in [4.69, 9.17) is 4.74 Å². The van der Waals surface area contributed by atoms with Gasteiger partial charge in [0.25, 0.3) is 0 Å². The molecule has 2 aliphatic heterocycles. The van der Waals surface area contributed by atoms with E-state index >= 15 is 0 Å². The predicted octanol–water partition coefficient (Wildman–Crippen LogP) is 4.60. The molecule has 4 aliphatic rings. The first-order chi connectivity index (χ1) is 22.9. The molecule has 0 spiro atoms. The molecule has 13 heteroatoms. The SMILES string of the molecule is COc1cc(C2C3=CCC4C(=O)N(c5cccc(C(=O)O)c5)C(=O)C4C3CC3C(=O)N(c4cccc(C(=O)O)c4)C(=O)C32)cc(Br)c1O. The van der Waals surface area contributed by atoms with Gasteiger partial charge in [0.05, 0.1) is 57.8 Å². The fourth-order valence-electron chi connectivity index (χ4n) is 7.96. The van der Waals surface area contributed by atoms with Crippen molar-refractivity contribution in [2.24, 2.45) is 29.6 Å². The number of allylic oxidation sites excluding steroid dienone is 2. The Morgan fingerprint density at radius 1 is 0.771 bits per heavy atom. The summed E-state index contributed by atoms with van der Waals surface area (Å²) in [4.78, 5) is 81.9. The zero-order valence-corrected chi connectivity index (χ0v) is 26.8. The minimum atomic E-state index is -1.22. The Morgan fingerprint density at radius 3 is 1.90 bits per heavy atom. The molecule has 0 bridgehead atoms. The monoisotopic (exact) mass is 714 g/mol. The number of carboxylic acid groups (broad SMARTS) is 2. The molecule has 4 amide bonds. The van der Waals surface area contributed by atoms with Crippen LogP contribution in [-0.2, 0) is 19.2 Å². The van der Waals surface area contributed by atoms with Crippen LogP contribution in [0.25, 0.3) is 0 Å². The molecule has 3 aromatic rings. The van der Waals surface area contributed by atoms with Crippen LogP contribution < -0.4 is 14.5 Å². The standard InChI is InChI=1S/C35H27BrN2O10/c1-48-25-13-17(12-24(36)29(25)39)26-20-8-9-21-27(32(42)37(30(21)40)18-6-2-4-15(10-18)34(44)45)22(20)14-23-28(26)33(43)38(31(23)41)19-7-3-5-16(11-19)35(46)47/h2-8,10-13,21-23,26-28,39H,9,14H2,1H3,(H,44,45)(H,46,47). The van der Waals surface area contributed by atoms with Crippen LogP contribution in [0.4, 0.5) is 11.4 Å². The molecule has 2 aliphatic carbocycles. The summed E-state index contributed by atoms with van der Waals surface area (Å²) in [6.45, 7) is 0. The number of aromatic hydroxyl groups is 1. The van der Waals surface area contributed by atoms with E-state index in [1.165, 1.54) is 55.6 Å². The minimum absolute atomic E-state index is 0.0757. The van der Waals surface area contributed by atoms with Gasteiger partial charge < -0.3 is 20.1 Å². The van der Waals surface area contributed by atoms with E-state index in [9.17, 15) is 44.1 Å². The van der Waals surface area contributed by atoms with Crippen LogP contribution in [0.1, 0.15) is 45.0 Å². The molecule has 48 heavy (non-hydrogen) atoms. The smallest absolute Gasteiger partial charge is 0.335 e. The lowest BCUT2D eigenvalue weighted by atomic mass is 9.57. The first-order valence-electron chi connectivity index (χ1n) is 15.1. The van der Waals surface area contributed by atoms with Crippen LogP contribution in [0.5, 0.6) is 11.5 Å². The quantitative estimate of drug-likeness (QED) is 0.241. The molecule has 3 fully saturated rings. The van der Waals surface area contributed by atoms with Crippen LogP contribution >= 0.6 is 15.9 Å². The van der Waals surface area contributed by atoms with Gasteiger partial charge in [0.15, 0.2) is 11.5 Å². The summed E-state index contributed by atoms with van der Waals surface area (Å²) in [6, 6.07) is 14.3. The molecule has 0 aromatic heterocycles. The molecule has 7 rings (SSSR count). The van der Waals surface area contributed by atoms with Crippen molar-refractivity contribution < 1.29 is 48.8 Å². The van der Waals surface area contributed by atoms with Crippen molar-refractivity contribution in [3.8, 4) is 11.5 Å². The number of hydrogen-bond donors (Lipinski definition) is 3. The van der Waals surface area contributed by atoms with Crippen molar-refractivity contribution in [1.82, 2.24) is 0 Å². The number of carbonyl (C=O) groups is 6. The molecule has 244 valence electrons. The Balaban J connectivity index is 1.35. The lowest BCUT2D eigenvalue weighted by Gasteiger charge is -2.44. The molecule has 12 nitrogen and oxygen atoms in total. The third kappa shape index (κ3) is 4.63. The second kappa shape index (κ2) is 11.4. The molecule has 0 radical (unpaired) electrons. The van der Waals surface area contributed by atoms with Crippen LogP contribution in [-0.4, -0.2) is 58.0 Å². The predicted molar refractivity (Wildman–Crippen MR) is 172 cm³/mol. The van der Waals surface area contributed by atoms with Gasteiger partial charge in [-0.1, -0.05) is 23.8 Å². The largest absolute Gasteiger partial charge is 0.503 e. The summed E-state index contributed by atoms with van der Waals surface area (Å²) < 4.78 is 5.69. The number of phenols is 1. The normalized spacial score (nSPS) is 26.2. The average molecular weight is 716 g/mol. The molecule has 3 aromatic carbocycles. The highest BCUT2D eigenvalue weighted by molar-refractivity contribution is 9.10. The summed E-state index contributed by atoms with van der Waals surface area (Å²) in [7, 11) is 1.38. The van der Waals surface area contributed by atoms with Crippen molar-refractivity contribution in [3.63, 3.8) is 0 Å². The second-order valence-electron chi connectivity index (χ2n) is 12.3. The van der Waals surface area contributed by atoms with Gasteiger partial charge in [0.1, 0.15) is 0 Å². The highest BCUT2D eigenvalue weighted by atomic mass is 79.9. The average Bonchev–Trinajstić information content (AvgIpc) is 3.48. The van der Waals surface area contributed by atoms with E-state index in [2.05, 4.69) is 15.9 Å². The zero-order valence-electron chi connectivity index (χ0n) is 25.2. The number of anilines is 2. The number of methoxy groups -OCH3 is 1. The maximum atomic E-state index is 14.3. The highest BCUT2D eigenvalue weighted by Crippen LogP contribution is 2.59. The number of ether oxygens (including phenoxy) is 1. The topological polar surface area (TPSA) is 179 Å². The van der Waals surface area contributed by atoms with Gasteiger partial charge in [-0.2, -0.15) is 0 Å². The molecule has 2 saturated heterocycles. The number of carbonyl (C=O) groups excluding carboxylic acids is 4. The first kappa shape index (κ1) is 31.3. The number of nitrogens with zero attached hydrogens (tertiary/aromatic N) is 2. The van der Waals surface area contributed by atoms with Gasteiger partial charge in [0, 0.05) is 5.92 Å². The van der Waals surface area contributed by atoms with Crippen LogP contribution in [0.2, 0.25) is 0 Å². The summed E-state index contributed by atoms with van der Waals surface area (Å²) in [5.74, 6) is -9.50. The summed E-state index contributed by atoms with van der Waals surface area (Å²) in [5, 5.41) is 29.7. The molecular formula is C35H27BrN2O10. The van der Waals surface area contributed by atoms with Crippen molar-refractivity contribution in [1.29, 1.82) is 0 Å². The Kier molecular flexibility index (Phi) is 7.46. The number of carboxylic acids is 2. The summed E-state index contributed by atoms with van der Waals surface area (Å²) >= 11 is 3.36.